The molecule has 2 rings (SSSR count). The third-order valence-electron chi connectivity index (χ3n) is 3.84. The zero-order valence-corrected chi connectivity index (χ0v) is 13.3. The molecule has 7 heteroatoms. The van der Waals surface area contributed by atoms with Gasteiger partial charge in [-0.2, -0.15) is 8.78 Å². The Hall–Kier alpha value is -1.40. The van der Waals surface area contributed by atoms with Gasteiger partial charge in [0.25, 0.3) is 5.91 Å². The highest BCUT2D eigenvalue weighted by atomic mass is 35.5. The number of hydrogen-bond donors (Lipinski definition) is 2. The van der Waals surface area contributed by atoms with Crippen molar-refractivity contribution in [1.82, 2.24) is 10.6 Å². The van der Waals surface area contributed by atoms with Gasteiger partial charge < -0.3 is 15.4 Å². The van der Waals surface area contributed by atoms with E-state index in [-0.39, 0.29) is 36.1 Å². The highest BCUT2D eigenvalue weighted by Gasteiger charge is 2.28. The molecular formula is C15H21ClF2N2O2. The van der Waals surface area contributed by atoms with E-state index in [9.17, 15) is 13.6 Å². The lowest BCUT2D eigenvalue weighted by Gasteiger charge is -2.36. The summed E-state index contributed by atoms with van der Waals surface area (Å²) < 4.78 is 28.7. The van der Waals surface area contributed by atoms with E-state index in [1.54, 1.807) is 6.07 Å². The summed E-state index contributed by atoms with van der Waals surface area (Å²) in [5.41, 5.74) is 0.318. The van der Waals surface area contributed by atoms with Crippen LogP contribution in [0.1, 0.15) is 30.6 Å². The first kappa shape index (κ1) is 18.6. The van der Waals surface area contributed by atoms with Crippen molar-refractivity contribution < 1.29 is 18.3 Å². The Labute approximate surface area is 135 Å². The van der Waals surface area contributed by atoms with Gasteiger partial charge in [-0.15, -0.1) is 12.4 Å². The number of carbonyl (C=O) groups is 1. The van der Waals surface area contributed by atoms with E-state index in [1.165, 1.54) is 18.2 Å². The van der Waals surface area contributed by atoms with Crippen LogP contribution in [0, 0.1) is 5.92 Å². The lowest BCUT2D eigenvalue weighted by atomic mass is 9.89. The summed E-state index contributed by atoms with van der Waals surface area (Å²) in [6.07, 6.45) is 0.990. The molecule has 0 saturated carbocycles. The van der Waals surface area contributed by atoms with Crippen LogP contribution in [0.25, 0.3) is 0 Å². The lowest BCUT2D eigenvalue weighted by Crippen LogP contribution is -2.55. The Bertz CT molecular complexity index is 492. The minimum Gasteiger partial charge on any atom is -0.435 e. The summed E-state index contributed by atoms with van der Waals surface area (Å²) in [7, 11) is 0. The van der Waals surface area contributed by atoms with E-state index >= 15 is 0 Å². The van der Waals surface area contributed by atoms with Gasteiger partial charge in [0.15, 0.2) is 0 Å². The first-order chi connectivity index (χ1) is 9.97. The molecule has 0 radical (unpaired) electrons. The van der Waals surface area contributed by atoms with Gasteiger partial charge in [0.1, 0.15) is 5.75 Å². The van der Waals surface area contributed by atoms with E-state index < -0.39 is 6.61 Å². The summed E-state index contributed by atoms with van der Waals surface area (Å²) >= 11 is 0. The van der Waals surface area contributed by atoms with Crippen LogP contribution in [0.4, 0.5) is 8.78 Å². The summed E-state index contributed by atoms with van der Waals surface area (Å²) in [5, 5.41) is 6.29. The number of halogens is 3. The molecule has 1 heterocycles. The van der Waals surface area contributed by atoms with Gasteiger partial charge in [-0.05, 0) is 44.0 Å². The summed E-state index contributed by atoms with van der Waals surface area (Å²) in [4.78, 5) is 12.3. The van der Waals surface area contributed by atoms with Crippen molar-refractivity contribution in [1.29, 1.82) is 0 Å². The molecule has 22 heavy (non-hydrogen) atoms. The van der Waals surface area contributed by atoms with Crippen LogP contribution in [0.2, 0.25) is 0 Å². The van der Waals surface area contributed by atoms with Gasteiger partial charge in [0.05, 0.1) is 0 Å². The number of carbonyl (C=O) groups excluding carboxylic acids is 1. The van der Waals surface area contributed by atoms with Crippen LogP contribution in [0.15, 0.2) is 24.3 Å². The van der Waals surface area contributed by atoms with Crippen molar-refractivity contribution in [2.45, 2.75) is 39.0 Å². The van der Waals surface area contributed by atoms with Gasteiger partial charge in [0.2, 0.25) is 0 Å². The third-order valence-corrected chi connectivity index (χ3v) is 3.84. The molecule has 1 aromatic carbocycles. The fourth-order valence-corrected chi connectivity index (χ4v) is 2.65. The van der Waals surface area contributed by atoms with Crippen molar-refractivity contribution in [3.05, 3.63) is 29.8 Å². The molecular weight excluding hydrogens is 314 g/mol. The van der Waals surface area contributed by atoms with Crippen molar-refractivity contribution in [2.75, 3.05) is 6.54 Å². The maximum absolute atomic E-state index is 12.3. The second-order valence-corrected chi connectivity index (χ2v) is 5.41. The zero-order chi connectivity index (χ0) is 15.4. The van der Waals surface area contributed by atoms with Crippen LogP contribution < -0.4 is 15.4 Å². The first-order valence-corrected chi connectivity index (χ1v) is 7.06. The quantitative estimate of drug-likeness (QED) is 0.890. The smallest absolute Gasteiger partial charge is 0.387 e. The molecule has 0 aliphatic carbocycles. The van der Waals surface area contributed by atoms with Gasteiger partial charge in [-0.3, -0.25) is 4.79 Å². The van der Waals surface area contributed by atoms with Crippen LogP contribution in [0.5, 0.6) is 5.75 Å². The Morgan fingerprint density at radius 2 is 2.14 bits per heavy atom. The molecule has 1 aromatic rings. The molecule has 3 unspecified atom stereocenters. The molecule has 2 N–H and O–H groups in total. The molecule has 1 saturated heterocycles. The Kier molecular flexibility index (Phi) is 7.03. The molecule has 0 spiro atoms. The maximum atomic E-state index is 12.3. The summed E-state index contributed by atoms with van der Waals surface area (Å²) in [6.45, 7) is 2.16. The normalized spacial score (nSPS) is 24.5. The lowest BCUT2D eigenvalue weighted by molar-refractivity contribution is -0.0498. The second kappa shape index (κ2) is 8.29. The Balaban J connectivity index is 0.00000242. The number of nitrogens with one attached hydrogen (secondary N) is 2. The molecule has 1 amide bonds. The summed E-state index contributed by atoms with van der Waals surface area (Å²) in [5.74, 6) is 0.0772. The molecule has 3 atom stereocenters. The SMILES string of the molecule is CC1CCNC(C)C1NC(=O)c1cccc(OC(F)F)c1.Cl. The van der Waals surface area contributed by atoms with E-state index in [0.29, 0.717) is 11.5 Å². The van der Waals surface area contributed by atoms with Gasteiger partial charge in [0, 0.05) is 17.6 Å². The summed E-state index contributed by atoms with van der Waals surface area (Å²) in [6, 6.07) is 6.03. The van der Waals surface area contributed by atoms with Crippen molar-refractivity contribution in [3.8, 4) is 5.75 Å². The maximum Gasteiger partial charge on any atom is 0.387 e. The molecule has 1 aliphatic rings. The number of ether oxygens (including phenoxy) is 1. The highest BCUT2D eigenvalue weighted by molar-refractivity contribution is 5.94. The molecule has 1 aliphatic heterocycles. The van der Waals surface area contributed by atoms with Crippen molar-refractivity contribution in [2.24, 2.45) is 5.92 Å². The number of piperidine rings is 1. The fraction of sp³-hybridized carbons (Fsp3) is 0.533. The standard InChI is InChI=1S/C15H20F2N2O2.ClH/c1-9-6-7-18-10(2)13(9)19-14(20)11-4-3-5-12(8-11)21-15(16)17;/h3-5,8-10,13,15,18H,6-7H2,1-2H3,(H,19,20);1H. The molecule has 4 nitrogen and oxygen atoms in total. The van der Waals surface area contributed by atoms with Crippen molar-refractivity contribution >= 4 is 18.3 Å². The number of hydrogen-bond acceptors (Lipinski definition) is 3. The minimum absolute atomic E-state index is 0. The second-order valence-electron chi connectivity index (χ2n) is 5.41. The first-order valence-electron chi connectivity index (χ1n) is 7.06. The Morgan fingerprint density at radius 3 is 2.77 bits per heavy atom. The van der Waals surface area contributed by atoms with Crippen LogP contribution in [-0.2, 0) is 0 Å². The van der Waals surface area contributed by atoms with E-state index in [0.717, 1.165) is 13.0 Å². The molecule has 124 valence electrons. The fourth-order valence-electron chi connectivity index (χ4n) is 2.65. The average Bonchev–Trinajstić information content (AvgIpc) is 2.42. The van der Waals surface area contributed by atoms with Crippen LogP contribution in [-0.4, -0.2) is 31.1 Å². The average molecular weight is 335 g/mol. The van der Waals surface area contributed by atoms with E-state index in [2.05, 4.69) is 22.3 Å². The zero-order valence-electron chi connectivity index (χ0n) is 12.5. The van der Waals surface area contributed by atoms with E-state index in [4.69, 9.17) is 0 Å². The molecule has 1 fully saturated rings. The minimum atomic E-state index is -2.90. The number of rotatable bonds is 4. The van der Waals surface area contributed by atoms with Gasteiger partial charge in [-0.1, -0.05) is 13.0 Å². The van der Waals surface area contributed by atoms with Crippen molar-refractivity contribution in [3.63, 3.8) is 0 Å². The largest absolute Gasteiger partial charge is 0.435 e. The van der Waals surface area contributed by atoms with Crippen LogP contribution in [0.3, 0.4) is 0 Å². The molecule has 0 bridgehead atoms. The number of amides is 1. The molecule has 0 aromatic heterocycles. The topological polar surface area (TPSA) is 50.4 Å². The third kappa shape index (κ3) is 4.81. The van der Waals surface area contributed by atoms with Crippen LogP contribution >= 0.6 is 12.4 Å². The number of benzene rings is 1. The number of alkyl halides is 2. The van der Waals surface area contributed by atoms with Gasteiger partial charge in [-0.25, -0.2) is 0 Å². The Morgan fingerprint density at radius 1 is 1.41 bits per heavy atom. The predicted molar refractivity (Wildman–Crippen MR) is 82.8 cm³/mol. The van der Waals surface area contributed by atoms with Gasteiger partial charge >= 0.3 is 6.61 Å². The predicted octanol–water partition coefficient (Wildman–Crippen LogP) is 2.83. The van der Waals surface area contributed by atoms with E-state index in [1.807, 2.05) is 6.92 Å². The monoisotopic (exact) mass is 334 g/mol. The highest BCUT2D eigenvalue weighted by Crippen LogP contribution is 2.19.